The van der Waals surface area contributed by atoms with E-state index >= 15 is 0 Å². The fraction of sp³-hybridized carbons (Fsp3) is 0. The molecule has 0 aromatic carbocycles. The van der Waals surface area contributed by atoms with E-state index < -0.39 is 0 Å². The van der Waals surface area contributed by atoms with Gasteiger partial charge in [-0.25, -0.2) is 0 Å². The number of rotatable bonds is 0. The van der Waals surface area contributed by atoms with Crippen LogP contribution in [-0.2, 0) is 0 Å². The monoisotopic (exact) mass is 280 g/mol. The van der Waals surface area contributed by atoms with Crippen molar-refractivity contribution in [3.8, 4) is 0 Å². The first kappa shape index (κ1) is 6.06. The van der Waals surface area contributed by atoms with E-state index in [0.717, 1.165) is 0 Å². The Hall–Kier alpha value is 0.0621. The Balaban J connectivity index is 0.000000250. The normalized spacial score (nSPS) is 6.67. The summed E-state index contributed by atoms with van der Waals surface area (Å²) in [6.45, 7) is 0. The van der Waals surface area contributed by atoms with Crippen LogP contribution >= 0.6 is 0 Å². The van der Waals surface area contributed by atoms with Crippen LogP contribution in [0.3, 0.4) is 0 Å². The maximum absolute atomic E-state index is 4.22. The van der Waals surface area contributed by atoms with Gasteiger partial charge in [-0.3, -0.25) is 0 Å². The SMILES string of the molecule is [PbH2].c1conn1. The Morgan fingerprint density at radius 2 is 2.33 bits per heavy atom. The Labute approximate surface area is 54.9 Å². The smallest absolute Gasteiger partial charge is 0.144 e. The fourth-order valence-corrected chi connectivity index (χ4v) is 0.136. The summed E-state index contributed by atoms with van der Waals surface area (Å²) in [6.07, 6.45) is 2.88. The molecule has 1 aromatic heterocycles. The van der Waals surface area contributed by atoms with Crippen molar-refractivity contribution >= 4 is 27.3 Å². The predicted molar refractivity (Wildman–Crippen MR) is 22.8 cm³/mol. The molecule has 0 unspecified atom stereocenters. The Kier molecular flexibility index (Phi) is 3.29. The van der Waals surface area contributed by atoms with E-state index in [1.807, 2.05) is 0 Å². The molecule has 1 rings (SSSR count). The van der Waals surface area contributed by atoms with E-state index in [9.17, 15) is 0 Å². The first-order chi connectivity index (χ1) is 2.50. The van der Waals surface area contributed by atoms with E-state index in [2.05, 4.69) is 14.9 Å². The van der Waals surface area contributed by atoms with Gasteiger partial charge >= 0.3 is 27.3 Å². The van der Waals surface area contributed by atoms with Crippen molar-refractivity contribution in [1.29, 1.82) is 0 Å². The molecule has 3 nitrogen and oxygen atoms in total. The van der Waals surface area contributed by atoms with Crippen LogP contribution in [0.1, 0.15) is 0 Å². The van der Waals surface area contributed by atoms with Crippen molar-refractivity contribution in [1.82, 2.24) is 10.4 Å². The number of nitrogens with zero attached hydrogens (tertiary/aromatic N) is 2. The Morgan fingerprint density at radius 3 is 2.50 bits per heavy atom. The molecule has 0 fully saturated rings. The third-order valence-corrected chi connectivity index (χ3v) is 0.283. The first-order valence-electron chi connectivity index (χ1n) is 1.21. The minimum absolute atomic E-state index is 0. The first-order valence-corrected chi connectivity index (χ1v) is 1.21. The standard InChI is InChI=1S/C2H2N2O.Pb.2H/c1-2-5-4-3-1;;;/h1-2H;;;. The number of hydrogen-bond donors (Lipinski definition) is 0. The molecule has 0 amide bonds. The summed E-state index contributed by atoms with van der Waals surface area (Å²) >= 11 is 0. The van der Waals surface area contributed by atoms with Crippen molar-refractivity contribution < 1.29 is 4.52 Å². The molecule has 0 spiro atoms. The van der Waals surface area contributed by atoms with Gasteiger partial charge in [-0.05, 0) is 0 Å². The van der Waals surface area contributed by atoms with E-state index in [0.29, 0.717) is 0 Å². The molecule has 2 radical (unpaired) electrons. The quantitative estimate of drug-likeness (QED) is 0.581. The molecular formula is C2H4N2OPb. The molecule has 4 heteroatoms. The molecule has 1 aromatic rings. The van der Waals surface area contributed by atoms with E-state index in [-0.39, 0.29) is 27.3 Å². The summed E-state index contributed by atoms with van der Waals surface area (Å²) in [7, 11) is 0. The molecule has 0 saturated heterocycles. The largest absolute Gasteiger partial charge is 0.346 e. The zero-order valence-electron chi connectivity index (χ0n) is 3.16. The van der Waals surface area contributed by atoms with Crippen LogP contribution in [-0.4, -0.2) is 37.7 Å². The summed E-state index contributed by atoms with van der Waals surface area (Å²) < 4.78 is 4.22. The molecule has 32 valence electrons. The predicted octanol–water partition coefficient (Wildman–Crippen LogP) is -0.847. The maximum Gasteiger partial charge on any atom is 0.144 e. The van der Waals surface area contributed by atoms with E-state index in [1.54, 1.807) is 0 Å². The Morgan fingerprint density at radius 1 is 1.50 bits per heavy atom. The van der Waals surface area contributed by atoms with Gasteiger partial charge in [0.05, 0.1) is 6.20 Å². The van der Waals surface area contributed by atoms with Crippen LogP contribution in [0.5, 0.6) is 0 Å². The molecule has 0 bridgehead atoms. The molecular weight excluding hydrogens is 275 g/mol. The van der Waals surface area contributed by atoms with Crippen molar-refractivity contribution in [3.63, 3.8) is 0 Å². The van der Waals surface area contributed by atoms with Crippen LogP contribution < -0.4 is 0 Å². The van der Waals surface area contributed by atoms with Gasteiger partial charge in [0.2, 0.25) is 0 Å². The van der Waals surface area contributed by atoms with E-state index in [1.165, 1.54) is 12.5 Å². The zero-order valence-corrected chi connectivity index (χ0v) is 8.66. The summed E-state index contributed by atoms with van der Waals surface area (Å²) in [4.78, 5) is 0. The third-order valence-electron chi connectivity index (χ3n) is 0.283. The Bertz CT molecular complexity index is 68.0. The average molecular weight is 279 g/mol. The third kappa shape index (κ3) is 1.49. The second-order valence-corrected chi connectivity index (χ2v) is 0.588. The molecule has 0 saturated carbocycles. The van der Waals surface area contributed by atoms with Crippen molar-refractivity contribution in [2.75, 3.05) is 0 Å². The fourth-order valence-electron chi connectivity index (χ4n) is 0.136. The topological polar surface area (TPSA) is 38.9 Å². The molecule has 1 heterocycles. The van der Waals surface area contributed by atoms with Gasteiger partial charge in [-0.1, -0.05) is 0 Å². The summed E-state index contributed by atoms with van der Waals surface area (Å²) in [5.41, 5.74) is 0. The van der Waals surface area contributed by atoms with Crippen LogP contribution in [0.4, 0.5) is 0 Å². The van der Waals surface area contributed by atoms with Gasteiger partial charge < -0.3 is 4.52 Å². The second-order valence-electron chi connectivity index (χ2n) is 0.588. The van der Waals surface area contributed by atoms with Gasteiger partial charge in [0.1, 0.15) is 6.26 Å². The van der Waals surface area contributed by atoms with Gasteiger partial charge in [0.15, 0.2) is 0 Å². The van der Waals surface area contributed by atoms with Crippen LogP contribution in [0.2, 0.25) is 0 Å². The van der Waals surface area contributed by atoms with Crippen molar-refractivity contribution in [2.45, 2.75) is 0 Å². The molecule has 0 aliphatic carbocycles. The minimum Gasteiger partial charge on any atom is -0.346 e. The zero-order chi connectivity index (χ0) is 3.54. The summed E-state index contributed by atoms with van der Waals surface area (Å²) in [5, 5.41) is 6.40. The van der Waals surface area contributed by atoms with E-state index in [4.69, 9.17) is 0 Å². The maximum atomic E-state index is 4.22. The minimum atomic E-state index is 0. The number of aromatic nitrogens is 2. The molecule has 6 heavy (non-hydrogen) atoms. The van der Waals surface area contributed by atoms with Crippen molar-refractivity contribution in [3.05, 3.63) is 12.5 Å². The number of hydrogen-bond acceptors (Lipinski definition) is 3. The molecule has 0 aliphatic rings. The summed E-state index contributed by atoms with van der Waals surface area (Å²) in [6, 6.07) is 0. The van der Waals surface area contributed by atoms with Crippen LogP contribution in [0.15, 0.2) is 17.0 Å². The van der Waals surface area contributed by atoms with Crippen LogP contribution in [0.25, 0.3) is 0 Å². The average Bonchev–Trinajstić information content (AvgIpc) is 1.76. The van der Waals surface area contributed by atoms with Crippen molar-refractivity contribution in [2.24, 2.45) is 0 Å². The van der Waals surface area contributed by atoms with Gasteiger partial charge in [-0.15, -0.1) is 5.10 Å². The summed E-state index contributed by atoms with van der Waals surface area (Å²) in [5.74, 6) is 0. The molecule has 0 N–H and O–H groups in total. The van der Waals surface area contributed by atoms with Gasteiger partial charge in [-0.2, -0.15) is 0 Å². The van der Waals surface area contributed by atoms with Gasteiger partial charge in [0.25, 0.3) is 0 Å². The van der Waals surface area contributed by atoms with Crippen LogP contribution in [0, 0.1) is 0 Å². The van der Waals surface area contributed by atoms with Gasteiger partial charge in [0, 0.05) is 5.27 Å². The molecule has 0 aliphatic heterocycles. The second kappa shape index (κ2) is 3.26. The molecule has 0 atom stereocenters.